The summed E-state index contributed by atoms with van der Waals surface area (Å²) in [6.45, 7) is 3.15. The molecule has 0 rings (SSSR count). The molecule has 0 fully saturated rings. The van der Waals surface area contributed by atoms with Crippen LogP contribution in [-0.4, -0.2) is 38.0 Å². The highest BCUT2D eigenvalue weighted by Crippen LogP contribution is 2.01. The van der Waals surface area contributed by atoms with Gasteiger partial charge in [0, 0.05) is 19.3 Å². The molecule has 0 aromatic heterocycles. The normalized spacial score (nSPS) is 10.8. The first-order valence-corrected chi connectivity index (χ1v) is 4.78. The van der Waals surface area contributed by atoms with E-state index in [0.29, 0.717) is 5.78 Å². The average Bonchev–Trinajstić information content (AvgIpc) is 1.84. The SMILES string of the molecule is CCCC(=O)CCC[N+](C)(C)C.[I-]. The zero-order valence-corrected chi connectivity index (χ0v) is 11.4. The highest BCUT2D eigenvalue weighted by atomic mass is 127. The molecule has 0 saturated heterocycles. The largest absolute Gasteiger partial charge is 1.00 e. The molecule has 0 heterocycles. The van der Waals surface area contributed by atoms with Crippen LogP contribution in [0.1, 0.15) is 32.6 Å². The van der Waals surface area contributed by atoms with Gasteiger partial charge in [0.25, 0.3) is 0 Å². The minimum Gasteiger partial charge on any atom is -1.00 e. The molecular formula is C10H22INO. The van der Waals surface area contributed by atoms with Gasteiger partial charge in [0.2, 0.25) is 0 Å². The summed E-state index contributed by atoms with van der Waals surface area (Å²) in [6, 6.07) is 0. The Kier molecular flexibility index (Phi) is 9.41. The van der Waals surface area contributed by atoms with E-state index < -0.39 is 0 Å². The van der Waals surface area contributed by atoms with Gasteiger partial charge in [0.15, 0.2) is 0 Å². The summed E-state index contributed by atoms with van der Waals surface area (Å²) in [5.74, 6) is 0.422. The van der Waals surface area contributed by atoms with Gasteiger partial charge in [-0.3, -0.25) is 4.79 Å². The first kappa shape index (κ1) is 15.8. The number of hydrogen-bond donors (Lipinski definition) is 0. The maximum Gasteiger partial charge on any atom is 0.133 e. The Bertz CT molecular complexity index is 140. The van der Waals surface area contributed by atoms with E-state index in [1.54, 1.807) is 0 Å². The van der Waals surface area contributed by atoms with Crippen LogP contribution in [0.2, 0.25) is 0 Å². The van der Waals surface area contributed by atoms with E-state index >= 15 is 0 Å². The summed E-state index contributed by atoms with van der Waals surface area (Å²) in [4.78, 5) is 11.1. The molecule has 2 nitrogen and oxygen atoms in total. The van der Waals surface area contributed by atoms with Crippen LogP contribution in [0.5, 0.6) is 0 Å². The van der Waals surface area contributed by atoms with Gasteiger partial charge in [-0.25, -0.2) is 0 Å². The fourth-order valence-corrected chi connectivity index (χ4v) is 1.15. The van der Waals surface area contributed by atoms with Gasteiger partial charge in [-0.15, -0.1) is 0 Å². The number of rotatable bonds is 6. The quantitative estimate of drug-likeness (QED) is 0.447. The first-order valence-electron chi connectivity index (χ1n) is 4.78. The zero-order valence-electron chi connectivity index (χ0n) is 9.27. The van der Waals surface area contributed by atoms with Crippen molar-refractivity contribution in [2.75, 3.05) is 27.7 Å². The van der Waals surface area contributed by atoms with Gasteiger partial charge in [-0.2, -0.15) is 0 Å². The fraction of sp³-hybridized carbons (Fsp3) is 0.900. The lowest BCUT2D eigenvalue weighted by Gasteiger charge is -2.23. The van der Waals surface area contributed by atoms with Crippen LogP contribution in [0.25, 0.3) is 0 Å². The van der Waals surface area contributed by atoms with E-state index in [2.05, 4.69) is 28.1 Å². The smallest absolute Gasteiger partial charge is 0.133 e. The van der Waals surface area contributed by atoms with E-state index in [-0.39, 0.29) is 24.0 Å². The number of quaternary nitrogens is 1. The summed E-state index contributed by atoms with van der Waals surface area (Å²) in [7, 11) is 6.47. The third-order valence-corrected chi connectivity index (χ3v) is 1.81. The van der Waals surface area contributed by atoms with Crippen LogP contribution in [0.4, 0.5) is 0 Å². The zero-order chi connectivity index (χ0) is 9.61. The van der Waals surface area contributed by atoms with Crippen LogP contribution < -0.4 is 24.0 Å². The second-order valence-corrected chi connectivity index (χ2v) is 4.41. The Hall–Kier alpha value is 0.360. The molecule has 0 saturated carbocycles. The molecule has 3 heteroatoms. The summed E-state index contributed by atoms with van der Waals surface area (Å²) < 4.78 is 0.958. The van der Waals surface area contributed by atoms with Crippen molar-refractivity contribution in [2.24, 2.45) is 0 Å². The molecule has 0 aromatic rings. The van der Waals surface area contributed by atoms with Gasteiger partial charge in [0.05, 0.1) is 27.7 Å². The number of Topliss-reactive ketones (excluding diaryl/α,β-unsaturated/α-hetero) is 1. The van der Waals surface area contributed by atoms with Crippen molar-refractivity contribution in [3.63, 3.8) is 0 Å². The Morgan fingerprint density at radius 1 is 1.15 bits per heavy atom. The molecular weight excluding hydrogens is 277 g/mol. The van der Waals surface area contributed by atoms with E-state index in [4.69, 9.17) is 0 Å². The highest BCUT2D eigenvalue weighted by molar-refractivity contribution is 5.78. The van der Waals surface area contributed by atoms with Crippen LogP contribution in [0, 0.1) is 0 Å². The summed E-state index contributed by atoms with van der Waals surface area (Å²) in [5.41, 5.74) is 0. The third-order valence-electron chi connectivity index (χ3n) is 1.81. The minimum absolute atomic E-state index is 0. The average molecular weight is 299 g/mol. The van der Waals surface area contributed by atoms with Crippen molar-refractivity contribution in [2.45, 2.75) is 32.6 Å². The van der Waals surface area contributed by atoms with Crippen LogP contribution in [-0.2, 0) is 4.79 Å². The van der Waals surface area contributed by atoms with E-state index in [9.17, 15) is 4.79 Å². The Balaban J connectivity index is 0. The number of carbonyl (C=O) groups excluding carboxylic acids is 1. The molecule has 13 heavy (non-hydrogen) atoms. The lowest BCUT2D eigenvalue weighted by atomic mass is 10.1. The van der Waals surface area contributed by atoms with E-state index in [1.807, 2.05) is 0 Å². The molecule has 0 N–H and O–H groups in total. The van der Waals surface area contributed by atoms with Crippen molar-refractivity contribution in [1.29, 1.82) is 0 Å². The van der Waals surface area contributed by atoms with Crippen LogP contribution in [0.15, 0.2) is 0 Å². The van der Waals surface area contributed by atoms with Gasteiger partial charge in [-0.1, -0.05) is 6.92 Å². The Labute approximate surface area is 99.3 Å². The third kappa shape index (κ3) is 12.4. The Morgan fingerprint density at radius 2 is 1.69 bits per heavy atom. The molecule has 0 aliphatic heterocycles. The molecule has 0 aliphatic carbocycles. The molecule has 0 atom stereocenters. The maximum absolute atomic E-state index is 11.1. The molecule has 0 spiro atoms. The second kappa shape index (κ2) is 7.74. The molecule has 80 valence electrons. The Morgan fingerprint density at radius 3 is 2.08 bits per heavy atom. The van der Waals surface area contributed by atoms with Crippen molar-refractivity contribution < 1.29 is 33.3 Å². The standard InChI is InChI=1S/C10H22NO.HI/c1-5-7-10(12)8-6-9-11(2,3)4;/h5-9H2,1-4H3;1H/q+1;/p-1. The molecule has 0 aromatic carbocycles. The number of halogens is 1. The molecule has 0 amide bonds. The fourth-order valence-electron chi connectivity index (χ4n) is 1.15. The van der Waals surface area contributed by atoms with E-state index in [0.717, 1.165) is 36.7 Å². The van der Waals surface area contributed by atoms with Crippen molar-refractivity contribution in [3.05, 3.63) is 0 Å². The van der Waals surface area contributed by atoms with E-state index in [1.165, 1.54) is 0 Å². The number of ketones is 1. The number of hydrogen-bond acceptors (Lipinski definition) is 1. The number of nitrogens with zero attached hydrogens (tertiary/aromatic N) is 1. The summed E-state index contributed by atoms with van der Waals surface area (Å²) in [5, 5.41) is 0. The molecule has 0 unspecified atom stereocenters. The monoisotopic (exact) mass is 299 g/mol. The van der Waals surface area contributed by atoms with Crippen LogP contribution in [0.3, 0.4) is 0 Å². The van der Waals surface area contributed by atoms with Crippen LogP contribution >= 0.6 is 0 Å². The topological polar surface area (TPSA) is 17.1 Å². The molecule has 0 bridgehead atoms. The minimum atomic E-state index is 0. The maximum atomic E-state index is 11.1. The van der Waals surface area contributed by atoms with Crippen molar-refractivity contribution >= 4 is 5.78 Å². The lowest BCUT2D eigenvalue weighted by Crippen LogP contribution is -3.00. The second-order valence-electron chi connectivity index (χ2n) is 4.41. The summed E-state index contributed by atoms with van der Waals surface area (Å²) in [6.07, 6.45) is 3.55. The first-order chi connectivity index (χ1) is 5.45. The lowest BCUT2D eigenvalue weighted by molar-refractivity contribution is -0.870. The van der Waals surface area contributed by atoms with Gasteiger partial charge >= 0.3 is 0 Å². The molecule has 0 radical (unpaired) electrons. The van der Waals surface area contributed by atoms with Gasteiger partial charge < -0.3 is 28.5 Å². The van der Waals surface area contributed by atoms with Crippen molar-refractivity contribution in [1.82, 2.24) is 0 Å². The summed E-state index contributed by atoms with van der Waals surface area (Å²) >= 11 is 0. The number of carbonyl (C=O) groups is 1. The predicted octanol–water partition coefficient (Wildman–Crippen LogP) is -1.15. The highest BCUT2D eigenvalue weighted by Gasteiger charge is 2.07. The predicted molar refractivity (Wildman–Crippen MR) is 52.0 cm³/mol. The van der Waals surface area contributed by atoms with Gasteiger partial charge in [-0.05, 0) is 6.42 Å². The van der Waals surface area contributed by atoms with Crippen molar-refractivity contribution in [3.8, 4) is 0 Å². The molecule has 0 aliphatic rings. The van der Waals surface area contributed by atoms with Gasteiger partial charge in [0.1, 0.15) is 5.78 Å².